The number of nitrogens with zero attached hydrogens (tertiary/aromatic N) is 4. The highest BCUT2D eigenvalue weighted by molar-refractivity contribution is 8.31. The third-order valence-corrected chi connectivity index (χ3v) is 19.3. The fraction of sp³-hybridized carbons (Fsp3) is 0.588. The van der Waals surface area contributed by atoms with Gasteiger partial charge < -0.3 is 11.1 Å². The van der Waals surface area contributed by atoms with Gasteiger partial charge in [-0.25, -0.2) is 33.7 Å². The van der Waals surface area contributed by atoms with Gasteiger partial charge in [0.2, 0.25) is 0 Å². The smallest absolute Gasteiger partial charge is 0.359 e. The van der Waals surface area contributed by atoms with Crippen molar-refractivity contribution in [2.45, 2.75) is 139 Å². The first-order valence-corrected chi connectivity index (χ1v) is 23.1. The second kappa shape index (κ2) is 16.6. The quantitative estimate of drug-likeness (QED) is 0.145. The third-order valence-electron chi connectivity index (χ3n) is 9.58. The van der Waals surface area contributed by atoms with Gasteiger partial charge in [0.15, 0.2) is 0 Å². The highest BCUT2D eigenvalue weighted by atomic mass is 32.3. The minimum absolute atomic E-state index is 0.0637. The van der Waals surface area contributed by atoms with Gasteiger partial charge in [0.1, 0.15) is 0 Å². The van der Waals surface area contributed by atoms with Gasteiger partial charge in [-0.2, -0.15) is 0 Å². The fourth-order valence-corrected chi connectivity index (χ4v) is 16.2. The maximum Gasteiger partial charge on any atom is 0.499 e. The summed E-state index contributed by atoms with van der Waals surface area (Å²) in [5.74, 6) is 0. The first kappa shape index (κ1) is 41.4. The molecule has 2 aliphatic carbocycles. The van der Waals surface area contributed by atoms with Crippen LogP contribution in [0.1, 0.15) is 112 Å². The summed E-state index contributed by atoms with van der Waals surface area (Å²) in [5, 5.41) is -1.60. The van der Waals surface area contributed by atoms with Crippen LogP contribution in [-0.4, -0.2) is 62.5 Å². The van der Waals surface area contributed by atoms with Crippen molar-refractivity contribution in [2.75, 3.05) is 0 Å². The molecule has 0 aliphatic heterocycles. The van der Waals surface area contributed by atoms with Gasteiger partial charge in [0.05, 0.1) is 20.3 Å². The predicted molar refractivity (Wildman–Crippen MR) is 194 cm³/mol. The minimum atomic E-state index is -4.45. The fourth-order valence-electron chi connectivity index (χ4n) is 7.29. The van der Waals surface area contributed by atoms with Crippen molar-refractivity contribution in [1.82, 2.24) is 0 Å². The summed E-state index contributed by atoms with van der Waals surface area (Å²) >= 11 is 0. The van der Waals surface area contributed by atoms with Crippen molar-refractivity contribution in [3.63, 3.8) is 0 Å². The first-order chi connectivity index (χ1) is 23.4. The number of aryl methyl sites for hydroxylation is 4. The molecule has 0 atom stereocenters. The van der Waals surface area contributed by atoms with E-state index >= 15 is 0 Å². The molecule has 276 valence electrons. The zero-order valence-corrected chi connectivity index (χ0v) is 32.9. The molecule has 4 rings (SSSR count). The van der Waals surface area contributed by atoms with Crippen LogP contribution in [0, 0.1) is 20.8 Å². The van der Waals surface area contributed by atoms with Gasteiger partial charge in [-0.05, 0) is 99.6 Å². The lowest BCUT2D eigenvalue weighted by molar-refractivity contribution is 0.00340. The van der Waals surface area contributed by atoms with Crippen LogP contribution in [0.4, 0.5) is 0 Å². The topological polar surface area (TPSA) is 209 Å². The van der Waals surface area contributed by atoms with E-state index in [1.165, 1.54) is 6.07 Å². The molecule has 0 amide bonds. The Hall–Kier alpha value is -3.00. The monoisotopic (exact) mass is 768 g/mol. The van der Waals surface area contributed by atoms with E-state index in [4.69, 9.17) is 0 Å². The van der Waals surface area contributed by atoms with E-state index in [1.54, 1.807) is 32.0 Å². The molecule has 2 aliphatic rings. The average Bonchev–Trinajstić information content (AvgIpc) is 3.60. The van der Waals surface area contributed by atoms with Crippen molar-refractivity contribution < 1.29 is 43.3 Å². The van der Waals surface area contributed by atoms with Crippen LogP contribution in [0.15, 0.2) is 34.1 Å². The summed E-state index contributed by atoms with van der Waals surface area (Å²) in [6, 6.07) is 6.51. The van der Waals surface area contributed by atoms with E-state index < -0.39 is 58.6 Å². The first-order valence-electron chi connectivity index (χ1n) is 17.0. The van der Waals surface area contributed by atoms with E-state index in [1.807, 2.05) is 27.7 Å². The molecule has 2 aromatic carbocycles. The van der Waals surface area contributed by atoms with Gasteiger partial charge in [-0.3, -0.25) is 0 Å². The van der Waals surface area contributed by atoms with Crippen molar-refractivity contribution in [1.29, 1.82) is 0 Å². The van der Waals surface area contributed by atoms with Gasteiger partial charge in [-0.1, -0.05) is 76.6 Å². The van der Waals surface area contributed by atoms with E-state index in [0.29, 0.717) is 55.2 Å². The van der Waals surface area contributed by atoms with Crippen LogP contribution in [0.25, 0.3) is 11.1 Å². The molecule has 0 unspecified atom stereocenters. The normalized spacial score (nSPS) is 16.2. The number of rotatable bonds is 7. The molecule has 0 aromatic heterocycles. The molecule has 12 nitrogen and oxygen atoms in total. The van der Waals surface area contributed by atoms with Gasteiger partial charge in [0, 0.05) is 0 Å². The summed E-state index contributed by atoms with van der Waals surface area (Å²) < 4.78 is 101. The summed E-state index contributed by atoms with van der Waals surface area (Å²) in [7, 11) is -17.3. The lowest BCUT2D eigenvalue weighted by Gasteiger charge is -2.20. The molecule has 2 fully saturated rings. The van der Waals surface area contributed by atoms with Crippen LogP contribution in [0.5, 0.6) is 0 Å². The molecule has 50 heavy (non-hydrogen) atoms. The SMILES string of the molecule is CCc1ccc(S(=O)(=O)C(=[N+]=[N-])S(=O)(=O)C2CCCCC2)c(CC)c1CC.Cc1cc(C)c(S(=O)(=O)C(=[N+]=[N-])S(=O)(=O)C2CCCC2)c(C)c1. The zero-order chi connectivity index (χ0) is 37.7. The van der Waals surface area contributed by atoms with Crippen LogP contribution < -0.4 is 0 Å². The Bertz CT molecular complexity index is 2130. The molecule has 2 aromatic rings. The molecule has 16 heteroatoms. The zero-order valence-electron chi connectivity index (χ0n) is 29.6. The molecular weight excluding hydrogens is 721 g/mol. The minimum Gasteiger partial charge on any atom is -0.359 e. The largest absolute Gasteiger partial charge is 0.499 e. The van der Waals surface area contributed by atoms with Crippen molar-refractivity contribution in [2.24, 2.45) is 0 Å². The second-order valence-electron chi connectivity index (χ2n) is 13.0. The van der Waals surface area contributed by atoms with Gasteiger partial charge in [-0.15, -0.1) is 9.58 Å². The molecule has 2 saturated carbocycles. The Balaban J connectivity index is 0.000000274. The molecule has 0 saturated heterocycles. The van der Waals surface area contributed by atoms with Crippen molar-refractivity contribution in [3.8, 4) is 0 Å². The van der Waals surface area contributed by atoms with E-state index in [9.17, 15) is 44.7 Å². The maximum atomic E-state index is 13.2. The Morgan fingerprint density at radius 2 is 1.04 bits per heavy atom. The van der Waals surface area contributed by atoms with E-state index in [-0.39, 0.29) is 9.79 Å². The van der Waals surface area contributed by atoms with Gasteiger partial charge >= 0.3 is 8.75 Å². The molecule has 0 spiro atoms. The summed E-state index contributed by atoms with van der Waals surface area (Å²) in [4.78, 5) is 5.33. The molecular formula is C34H48N4O8S4. The third kappa shape index (κ3) is 8.21. The van der Waals surface area contributed by atoms with E-state index in [2.05, 4.69) is 9.58 Å². The van der Waals surface area contributed by atoms with Crippen LogP contribution in [-0.2, 0) is 58.6 Å². The highest BCUT2D eigenvalue weighted by Crippen LogP contribution is 2.32. The Labute approximate surface area is 297 Å². The Morgan fingerprint density at radius 1 is 0.620 bits per heavy atom. The summed E-state index contributed by atoms with van der Waals surface area (Å²) in [6.45, 7) is 10.8. The lowest BCUT2D eigenvalue weighted by Crippen LogP contribution is -2.36. The molecule has 0 bridgehead atoms. The average molecular weight is 769 g/mol. The Kier molecular flexibility index (Phi) is 13.7. The van der Waals surface area contributed by atoms with Crippen LogP contribution in [0.3, 0.4) is 0 Å². The number of hydrogen-bond acceptors (Lipinski definition) is 8. The molecule has 0 heterocycles. The maximum absolute atomic E-state index is 13.2. The lowest BCUT2D eigenvalue weighted by atomic mass is 9.96. The highest BCUT2D eigenvalue weighted by Gasteiger charge is 2.50. The summed E-state index contributed by atoms with van der Waals surface area (Å²) in [5.41, 5.74) is 22.9. The van der Waals surface area contributed by atoms with Crippen molar-refractivity contribution in [3.05, 3.63) is 68.7 Å². The van der Waals surface area contributed by atoms with E-state index in [0.717, 1.165) is 55.2 Å². The van der Waals surface area contributed by atoms with Crippen LogP contribution in [0.2, 0.25) is 0 Å². The molecule has 0 radical (unpaired) electrons. The Morgan fingerprint density at radius 3 is 1.44 bits per heavy atom. The number of sulfone groups is 4. The second-order valence-corrected chi connectivity index (χ2v) is 21.4. The number of benzene rings is 2. The standard InChI is InChI=1S/C19H28N2O4S2.C15H20N2O4S2/c1-4-14-12-13-18(17(6-3)16(14)5-2)27(24,25)19(21-20)26(22,23)15-10-8-7-9-11-15;1-10-8-11(2)14(12(3)9-10)23(20,21)15(17-16)22(18,19)13-6-4-5-7-13/h12-13,15H,4-11H2,1-3H3;8-9,13H,4-7H2,1-3H3. The molecule has 0 N–H and O–H groups in total. The van der Waals surface area contributed by atoms with Crippen LogP contribution >= 0.6 is 0 Å². The summed E-state index contributed by atoms with van der Waals surface area (Å²) in [6.07, 6.45) is 7.29. The number of hydrogen-bond donors (Lipinski definition) is 0. The van der Waals surface area contributed by atoms with Gasteiger partial charge in [0.25, 0.3) is 39.3 Å². The van der Waals surface area contributed by atoms with Crippen molar-refractivity contribution >= 4 is 48.1 Å². The predicted octanol–water partition coefficient (Wildman–Crippen LogP) is 5.81.